The first-order valence-electron chi connectivity index (χ1n) is 10.7. The number of piperidine rings is 1. The van der Waals surface area contributed by atoms with Gasteiger partial charge in [-0.15, -0.1) is 0 Å². The van der Waals surface area contributed by atoms with Crippen molar-refractivity contribution in [1.29, 1.82) is 0 Å². The Balaban J connectivity index is 1.31. The van der Waals surface area contributed by atoms with E-state index in [1.165, 1.54) is 19.2 Å². The van der Waals surface area contributed by atoms with Crippen LogP contribution >= 0.6 is 0 Å². The summed E-state index contributed by atoms with van der Waals surface area (Å²) in [5.41, 5.74) is 2.42. The van der Waals surface area contributed by atoms with Crippen molar-refractivity contribution in [3.8, 4) is 11.4 Å². The number of hydrogen-bond donors (Lipinski definition) is 1. The minimum atomic E-state index is -0.430. The van der Waals surface area contributed by atoms with Crippen LogP contribution in [0.3, 0.4) is 0 Å². The van der Waals surface area contributed by atoms with Crippen LogP contribution in [0.15, 0.2) is 47.0 Å². The molecule has 0 atom stereocenters. The molecule has 172 valence electrons. The number of nitrogens with one attached hydrogen (secondary N) is 1. The molecule has 1 aliphatic heterocycles. The molecular weight excluding hydrogens is 427 g/mol. The zero-order chi connectivity index (χ0) is 23.4. The van der Waals surface area contributed by atoms with Gasteiger partial charge in [-0.05, 0) is 74.8 Å². The molecule has 2 aromatic carbocycles. The van der Waals surface area contributed by atoms with Gasteiger partial charge < -0.3 is 14.6 Å². The van der Waals surface area contributed by atoms with Gasteiger partial charge in [0.05, 0.1) is 19.2 Å². The minimum Gasteiger partial charge on any atom is -0.465 e. The van der Waals surface area contributed by atoms with Crippen molar-refractivity contribution in [3.63, 3.8) is 0 Å². The smallest absolute Gasteiger partial charge is 0.338 e. The normalized spacial score (nSPS) is 14.8. The van der Waals surface area contributed by atoms with E-state index in [2.05, 4.69) is 20.4 Å². The first-order chi connectivity index (χ1) is 15.9. The second kappa shape index (κ2) is 9.91. The monoisotopic (exact) mass is 452 g/mol. The Kier molecular flexibility index (Phi) is 6.79. The van der Waals surface area contributed by atoms with E-state index in [1.54, 1.807) is 37.3 Å². The molecule has 8 nitrogen and oxygen atoms in total. The lowest BCUT2D eigenvalue weighted by Gasteiger charge is -2.30. The molecule has 0 spiro atoms. The second-order valence-electron chi connectivity index (χ2n) is 8.03. The second-order valence-corrected chi connectivity index (χ2v) is 8.03. The Hall–Kier alpha value is -3.59. The Bertz CT molecular complexity index is 1140. The third kappa shape index (κ3) is 5.25. The summed E-state index contributed by atoms with van der Waals surface area (Å²) >= 11 is 0. The number of rotatable bonds is 6. The Labute approximate surface area is 190 Å². The standard InChI is InChI=1S/C24H25FN4O4/c1-15-19(24(31)32-2)4-3-5-20(15)26-23(30)17-10-12-29(13-11-17)14-21-27-22(28-33-21)16-6-8-18(25)9-7-16/h3-9,17H,10-14H2,1-2H3,(H,26,30). The first-order valence-corrected chi connectivity index (χ1v) is 10.7. The highest BCUT2D eigenvalue weighted by atomic mass is 19.1. The number of amides is 1. The number of carbonyl (C=O) groups excluding carboxylic acids is 2. The SMILES string of the molecule is COC(=O)c1cccc(NC(=O)C2CCN(Cc3nc(-c4ccc(F)cc4)no3)CC2)c1C. The zero-order valence-electron chi connectivity index (χ0n) is 18.5. The zero-order valence-corrected chi connectivity index (χ0v) is 18.5. The Morgan fingerprint density at radius 2 is 1.91 bits per heavy atom. The lowest BCUT2D eigenvalue weighted by molar-refractivity contribution is -0.121. The number of aromatic nitrogens is 2. The van der Waals surface area contributed by atoms with Crippen molar-refractivity contribution >= 4 is 17.6 Å². The molecule has 0 aliphatic carbocycles. The van der Waals surface area contributed by atoms with E-state index in [4.69, 9.17) is 9.26 Å². The minimum absolute atomic E-state index is 0.0591. The fourth-order valence-electron chi connectivity index (χ4n) is 3.92. The number of esters is 1. The van der Waals surface area contributed by atoms with E-state index in [1.807, 2.05) is 0 Å². The van der Waals surface area contributed by atoms with Gasteiger partial charge in [-0.2, -0.15) is 4.98 Å². The average Bonchev–Trinajstić information content (AvgIpc) is 3.29. The van der Waals surface area contributed by atoms with Crippen LogP contribution in [0.5, 0.6) is 0 Å². The molecule has 0 saturated carbocycles. The predicted molar refractivity (Wildman–Crippen MR) is 119 cm³/mol. The summed E-state index contributed by atoms with van der Waals surface area (Å²) in [5.74, 6) is -0.0337. The topological polar surface area (TPSA) is 97.6 Å². The number of anilines is 1. The molecule has 9 heteroatoms. The summed E-state index contributed by atoms with van der Waals surface area (Å²) in [6.07, 6.45) is 1.39. The van der Waals surface area contributed by atoms with E-state index in [-0.39, 0.29) is 17.6 Å². The van der Waals surface area contributed by atoms with Crippen LogP contribution in [0.25, 0.3) is 11.4 Å². The fraction of sp³-hybridized carbons (Fsp3) is 0.333. The van der Waals surface area contributed by atoms with Gasteiger partial charge in [0.2, 0.25) is 17.6 Å². The Morgan fingerprint density at radius 1 is 1.18 bits per heavy atom. The molecule has 33 heavy (non-hydrogen) atoms. The third-order valence-electron chi connectivity index (χ3n) is 5.88. The largest absolute Gasteiger partial charge is 0.465 e. The average molecular weight is 452 g/mol. The number of halogens is 1. The van der Waals surface area contributed by atoms with Crippen LogP contribution in [0.2, 0.25) is 0 Å². The number of nitrogens with zero attached hydrogens (tertiary/aromatic N) is 3. The summed E-state index contributed by atoms with van der Waals surface area (Å²) in [7, 11) is 1.33. The molecular formula is C24H25FN4O4. The van der Waals surface area contributed by atoms with Gasteiger partial charge in [-0.3, -0.25) is 9.69 Å². The van der Waals surface area contributed by atoms with Crippen LogP contribution in [-0.2, 0) is 16.1 Å². The highest BCUT2D eigenvalue weighted by Crippen LogP contribution is 2.24. The third-order valence-corrected chi connectivity index (χ3v) is 5.88. The molecule has 3 aromatic rings. The molecule has 2 heterocycles. The van der Waals surface area contributed by atoms with Crippen LogP contribution in [0.1, 0.15) is 34.7 Å². The summed E-state index contributed by atoms with van der Waals surface area (Å²) in [5, 5.41) is 6.93. The van der Waals surface area contributed by atoms with Crippen molar-refractivity contribution in [2.45, 2.75) is 26.3 Å². The highest BCUT2D eigenvalue weighted by Gasteiger charge is 2.27. The molecule has 1 amide bonds. The molecule has 1 N–H and O–H groups in total. The molecule has 1 aliphatic rings. The van der Waals surface area contributed by atoms with Gasteiger partial charge in [0.1, 0.15) is 5.82 Å². The van der Waals surface area contributed by atoms with Crippen molar-refractivity contribution in [3.05, 3.63) is 65.3 Å². The van der Waals surface area contributed by atoms with Gasteiger partial charge in [0.15, 0.2) is 0 Å². The van der Waals surface area contributed by atoms with E-state index in [0.29, 0.717) is 66.6 Å². The highest BCUT2D eigenvalue weighted by molar-refractivity contribution is 5.97. The molecule has 4 rings (SSSR count). The summed E-state index contributed by atoms with van der Waals surface area (Å²) < 4.78 is 23.2. The molecule has 0 radical (unpaired) electrons. The van der Waals surface area contributed by atoms with Crippen LogP contribution in [0.4, 0.5) is 10.1 Å². The summed E-state index contributed by atoms with van der Waals surface area (Å²) in [4.78, 5) is 31.2. The molecule has 1 aromatic heterocycles. The van der Waals surface area contributed by atoms with Gasteiger partial charge >= 0.3 is 5.97 Å². The number of hydrogen-bond acceptors (Lipinski definition) is 7. The predicted octanol–water partition coefficient (Wildman–Crippen LogP) is 3.82. The number of carbonyl (C=O) groups is 2. The Morgan fingerprint density at radius 3 is 2.61 bits per heavy atom. The first kappa shape index (κ1) is 22.6. The van der Waals surface area contributed by atoms with Gasteiger partial charge in [0.25, 0.3) is 0 Å². The van der Waals surface area contributed by atoms with E-state index in [0.717, 1.165) is 0 Å². The van der Waals surface area contributed by atoms with Gasteiger partial charge in [-0.1, -0.05) is 11.2 Å². The summed E-state index contributed by atoms with van der Waals surface area (Å²) in [6.45, 7) is 3.71. The van der Waals surface area contributed by atoms with Crippen molar-refractivity contribution in [1.82, 2.24) is 15.0 Å². The van der Waals surface area contributed by atoms with Crippen LogP contribution in [-0.4, -0.2) is 47.1 Å². The summed E-state index contributed by atoms with van der Waals surface area (Å²) in [6, 6.07) is 11.1. The number of methoxy groups -OCH3 is 1. The lowest BCUT2D eigenvalue weighted by Crippen LogP contribution is -2.38. The number of ether oxygens (including phenoxy) is 1. The quantitative estimate of drug-likeness (QED) is 0.568. The van der Waals surface area contributed by atoms with Crippen molar-refractivity contribution in [2.24, 2.45) is 5.92 Å². The molecule has 0 unspecified atom stereocenters. The molecule has 1 saturated heterocycles. The fourth-order valence-corrected chi connectivity index (χ4v) is 3.92. The van der Waals surface area contributed by atoms with E-state index < -0.39 is 5.97 Å². The maximum atomic E-state index is 13.1. The van der Waals surface area contributed by atoms with E-state index in [9.17, 15) is 14.0 Å². The number of benzene rings is 2. The molecule has 0 bridgehead atoms. The molecule has 1 fully saturated rings. The van der Waals surface area contributed by atoms with Crippen LogP contribution in [0, 0.1) is 18.7 Å². The van der Waals surface area contributed by atoms with Gasteiger partial charge in [0, 0.05) is 17.2 Å². The van der Waals surface area contributed by atoms with E-state index >= 15 is 0 Å². The van der Waals surface area contributed by atoms with Gasteiger partial charge in [-0.25, -0.2) is 9.18 Å². The lowest BCUT2D eigenvalue weighted by atomic mass is 9.95. The maximum Gasteiger partial charge on any atom is 0.338 e. The number of likely N-dealkylation sites (tertiary alicyclic amines) is 1. The van der Waals surface area contributed by atoms with Crippen molar-refractivity contribution < 1.29 is 23.2 Å². The maximum absolute atomic E-state index is 13.1. The van der Waals surface area contributed by atoms with Crippen LogP contribution < -0.4 is 5.32 Å². The van der Waals surface area contributed by atoms with Crippen molar-refractivity contribution in [2.75, 3.05) is 25.5 Å².